The Labute approximate surface area is 279 Å². The number of amides is 3. The van der Waals surface area contributed by atoms with Gasteiger partial charge in [-0.1, -0.05) is 55.5 Å². The maximum absolute atomic E-state index is 13.8. The molecule has 0 aliphatic carbocycles. The van der Waals surface area contributed by atoms with Crippen LogP contribution in [0.25, 0.3) is 10.8 Å². The fourth-order valence-corrected chi connectivity index (χ4v) is 6.74. The minimum absolute atomic E-state index is 0.0502. The van der Waals surface area contributed by atoms with Crippen molar-refractivity contribution in [2.75, 3.05) is 37.4 Å². The van der Waals surface area contributed by atoms with Crippen LogP contribution in [0.3, 0.4) is 0 Å². The average molecular weight is 669 g/mol. The number of fused-ring (bicyclic) bond motifs is 3. The average Bonchev–Trinajstić information content (AvgIpc) is 3.56. The highest BCUT2D eigenvalue weighted by Crippen LogP contribution is 2.35. The Hall–Kier alpha value is -5.25. The summed E-state index contributed by atoms with van der Waals surface area (Å²) in [6, 6.07) is 24.5. The van der Waals surface area contributed by atoms with Gasteiger partial charge in [0.1, 0.15) is 5.75 Å². The summed E-state index contributed by atoms with van der Waals surface area (Å²) >= 11 is 0. The number of anilines is 2. The Morgan fingerprint density at radius 1 is 1.06 bits per heavy atom. The van der Waals surface area contributed by atoms with Crippen LogP contribution in [0.5, 0.6) is 11.5 Å². The van der Waals surface area contributed by atoms with Gasteiger partial charge in [0, 0.05) is 43.4 Å². The predicted octanol–water partition coefficient (Wildman–Crippen LogP) is 4.92. The molecule has 6 rings (SSSR count). The molecule has 248 valence electrons. The van der Waals surface area contributed by atoms with Gasteiger partial charge >= 0.3 is 6.03 Å². The quantitative estimate of drug-likeness (QED) is 0.196. The lowest BCUT2D eigenvalue weighted by Crippen LogP contribution is -2.47. The van der Waals surface area contributed by atoms with E-state index >= 15 is 0 Å². The van der Waals surface area contributed by atoms with Crippen molar-refractivity contribution in [3.8, 4) is 23.5 Å². The zero-order valence-corrected chi connectivity index (χ0v) is 27.6. The van der Waals surface area contributed by atoms with Crippen molar-refractivity contribution in [3.63, 3.8) is 0 Å². The number of ether oxygens (including phenoxy) is 2. The summed E-state index contributed by atoms with van der Waals surface area (Å²) in [6.07, 6.45) is -0.185. The standard InChI is InChI=1S/C36H36N4O7S/c1-23-21-40(24(2)22-41)35(42)29-11-7-13-31(38-36(43)37-30-12-6-9-25-8-4-5-10-28(25)30)34(29)47-32(23)16-18-39(3)48(44,45)27-15-14-26-17-19-46-33(26)20-27/h4-15,20,23-24,32,41H,17,19,21-22H2,1-3H3,(H2,37,38,43). The minimum atomic E-state index is -4.00. The van der Waals surface area contributed by atoms with Gasteiger partial charge in [0.05, 0.1) is 41.1 Å². The second-order valence-electron chi connectivity index (χ2n) is 11.9. The molecule has 0 spiro atoms. The van der Waals surface area contributed by atoms with E-state index < -0.39 is 34.1 Å². The number of rotatable bonds is 6. The number of aliphatic hydroxyl groups is 1. The molecule has 3 amide bonds. The van der Waals surface area contributed by atoms with Crippen molar-refractivity contribution in [2.24, 2.45) is 5.92 Å². The van der Waals surface area contributed by atoms with Gasteiger partial charge in [0.25, 0.3) is 15.9 Å². The van der Waals surface area contributed by atoms with Crippen LogP contribution in [0.4, 0.5) is 16.2 Å². The summed E-state index contributed by atoms with van der Waals surface area (Å²) in [5.74, 6) is 2.76. The summed E-state index contributed by atoms with van der Waals surface area (Å²) < 4.78 is 39.7. The summed E-state index contributed by atoms with van der Waals surface area (Å²) in [6.45, 7) is 3.96. The van der Waals surface area contributed by atoms with E-state index in [-0.39, 0.29) is 41.0 Å². The Morgan fingerprint density at radius 3 is 2.60 bits per heavy atom. The van der Waals surface area contributed by atoms with E-state index in [0.717, 1.165) is 27.1 Å². The number of sulfonamides is 1. The summed E-state index contributed by atoms with van der Waals surface area (Å²) in [7, 11) is -2.65. The number of carbonyl (C=O) groups is 2. The van der Waals surface area contributed by atoms with Gasteiger partial charge in [-0.05, 0) is 48.1 Å². The highest BCUT2D eigenvalue weighted by molar-refractivity contribution is 7.89. The molecule has 0 fully saturated rings. The zero-order chi connectivity index (χ0) is 34.0. The molecule has 12 heteroatoms. The first-order valence-corrected chi connectivity index (χ1v) is 17.0. The number of para-hydroxylation sites is 1. The van der Waals surface area contributed by atoms with E-state index in [4.69, 9.17) is 9.47 Å². The number of carbonyl (C=O) groups excluding carboxylic acids is 2. The molecule has 2 heterocycles. The second-order valence-corrected chi connectivity index (χ2v) is 13.9. The van der Waals surface area contributed by atoms with Gasteiger partial charge in [-0.25, -0.2) is 17.5 Å². The van der Waals surface area contributed by atoms with Crippen LogP contribution in [-0.2, 0) is 16.4 Å². The number of nitrogens with one attached hydrogen (secondary N) is 2. The molecule has 0 bridgehead atoms. The molecule has 0 saturated heterocycles. The van der Waals surface area contributed by atoms with Gasteiger partial charge in [-0.3, -0.25) is 4.79 Å². The Balaban J connectivity index is 1.32. The molecule has 0 saturated carbocycles. The number of urea groups is 1. The first-order valence-electron chi connectivity index (χ1n) is 15.6. The van der Waals surface area contributed by atoms with Gasteiger partial charge < -0.3 is 30.1 Å². The first kappa shape index (κ1) is 32.7. The highest BCUT2D eigenvalue weighted by atomic mass is 32.2. The molecule has 2 aliphatic rings. The summed E-state index contributed by atoms with van der Waals surface area (Å²) in [5, 5.41) is 17.5. The van der Waals surface area contributed by atoms with Crippen LogP contribution in [0.2, 0.25) is 0 Å². The van der Waals surface area contributed by atoms with Gasteiger partial charge in [-0.15, -0.1) is 0 Å². The third-order valence-corrected chi connectivity index (χ3v) is 10.2. The van der Waals surface area contributed by atoms with E-state index in [1.165, 1.54) is 24.1 Å². The molecule has 11 nitrogen and oxygen atoms in total. The number of hydrogen-bond donors (Lipinski definition) is 3. The van der Waals surface area contributed by atoms with E-state index in [1.807, 2.05) is 43.3 Å². The van der Waals surface area contributed by atoms with Crippen molar-refractivity contribution in [1.29, 1.82) is 0 Å². The van der Waals surface area contributed by atoms with Crippen LogP contribution >= 0.6 is 0 Å². The SMILES string of the molecule is CC1CN(C(C)CO)C(=O)c2cccc(NC(=O)Nc3cccc4ccccc34)c2OC1C#CN(C)S(=O)(=O)c1ccc2c(c1)OCC2. The van der Waals surface area contributed by atoms with Crippen LogP contribution in [0.1, 0.15) is 29.8 Å². The van der Waals surface area contributed by atoms with Gasteiger partial charge in [0.15, 0.2) is 11.9 Å². The van der Waals surface area contributed by atoms with Crippen molar-refractivity contribution in [3.05, 3.63) is 90.0 Å². The molecule has 4 aromatic carbocycles. The maximum atomic E-state index is 13.8. The number of benzene rings is 4. The fraction of sp³-hybridized carbons (Fsp3) is 0.278. The molecule has 0 aromatic heterocycles. The molecular weight excluding hydrogens is 632 g/mol. The van der Waals surface area contributed by atoms with Crippen molar-refractivity contribution >= 4 is 44.1 Å². The molecule has 3 N–H and O–H groups in total. The van der Waals surface area contributed by atoms with Crippen LogP contribution in [-0.4, -0.2) is 73.6 Å². The van der Waals surface area contributed by atoms with Crippen molar-refractivity contribution in [2.45, 2.75) is 37.3 Å². The first-order chi connectivity index (χ1) is 23.1. The number of nitrogens with zero attached hydrogens (tertiary/aromatic N) is 2. The third kappa shape index (κ3) is 6.47. The molecular formula is C36H36N4O7S. The second kappa shape index (κ2) is 13.5. The molecule has 3 atom stereocenters. The van der Waals surface area contributed by atoms with E-state index in [0.29, 0.717) is 18.0 Å². The van der Waals surface area contributed by atoms with Crippen molar-refractivity contribution < 1.29 is 32.6 Å². The Morgan fingerprint density at radius 2 is 1.79 bits per heavy atom. The maximum Gasteiger partial charge on any atom is 0.323 e. The van der Waals surface area contributed by atoms with Crippen LogP contribution in [0, 0.1) is 17.9 Å². The van der Waals surface area contributed by atoms with E-state index in [9.17, 15) is 23.1 Å². The normalized spacial score (nSPS) is 17.8. The highest BCUT2D eigenvalue weighted by Gasteiger charge is 2.34. The lowest BCUT2D eigenvalue weighted by atomic mass is 10.00. The molecule has 48 heavy (non-hydrogen) atoms. The van der Waals surface area contributed by atoms with E-state index in [1.54, 1.807) is 37.3 Å². The third-order valence-electron chi connectivity index (χ3n) is 8.53. The number of hydrogen-bond acceptors (Lipinski definition) is 7. The van der Waals surface area contributed by atoms with Crippen molar-refractivity contribution in [1.82, 2.24) is 9.21 Å². The topological polar surface area (TPSA) is 138 Å². The zero-order valence-electron chi connectivity index (χ0n) is 26.8. The van der Waals surface area contributed by atoms with Gasteiger partial charge in [0.2, 0.25) is 0 Å². The minimum Gasteiger partial charge on any atom is -0.493 e. The fourth-order valence-electron chi connectivity index (χ4n) is 5.76. The Kier molecular flexibility index (Phi) is 9.17. The molecule has 2 aliphatic heterocycles. The predicted molar refractivity (Wildman–Crippen MR) is 183 cm³/mol. The monoisotopic (exact) mass is 668 g/mol. The van der Waals surface area contributed by atoms with Gasteiger partial charge in [-0.2, -0.15) is 0 Å². The van der Waals surface area contributed by atoms with Crippen LogP contribution < -0.4 is 20.1 Å². The van der Waals surface area contributed by atoms with E-state index in [2.05, 4.69) is 22.6 Å². The smallest absolute Gasteiger partial charge is 0.323 e. The molecule has 3 unspecified atom stereocenters. The van der Waals surface area contributed by atoms with Crippen LogP contribution in [0.15, 0.2) is 83.8 Å². The Bertz CT molecular complexity index is 2050. The molecule has 0 radical (unpaired) electrons. The molecule has 4 aromatic rings. The number of aliphatic hydroxyl groups excluding tert-OH is 1. The summed E-state index contributed by atoms with van der Waals surface area (Å²) in [4.78, 5) is 28.7. The lowest BCUT2D eigenvalue weighted by molar-refractivity contribution is 0.0480. The largest absolute Gasteiger partial charge is 0.493 e. The summed E-state index contributed by atoms with van der Waals surface area (Å²) in [5.41, 5.74) is 1.93. The lowest BCUT2D eigenvalue weighted by Gasteiger charge is -2.36.